The molecule has 0 atom stereocenters. The van der Waals surface area contributed by atoms with Crippen molar-refractivity contribution < 1.29 is 13.7 Å². The smallest absolute Gasteiger partial charge is 0.400 e. The van der Waals surface area contributed by atoms with Gasteiger partial charge >= 0.3 is 7.12 Å². The van der Waals surface area contributed by atoms with E-state index in [1.165, 1.54) is 6.08 Å². The van der Waals surface area contributed by atoms with Gasteiger partial charge in [0.1, 0.15) is 5.83 Å². The Morgan fingerprint density at radius 3 is 1.93 bits per heavy atom. The third kappa shape index (κ3) is 2.50. The predicted molar refractivity (Wildman–Crippen MR) is 60.1 cm³/mol. The first kappa shape index (κ1) is 12.5. The molecule has 0 spiro atoms. The average molecular weight is 212 g/mol. The fraction of sp³-hybridized carbons (Fsp3) is 0.636. The minimum absolute atomic E-state index is 0.385. The van der Waals surface area contributed by atoms with Gasteiger partial charge < -0.3 is 9.31 Å². The Labute approximate surface area is 91.3 Å². The van der Waals surface area contributed by atoms with Crippen molar-refractivity contribution in [2.24, 2.45) is 0 Å². The standard InChI is InChI=1S/C11H18BFO2/c1-8(7-9(2)13)12-14-10(3,4)11(5,6)15-12/h7H,2H2,1,3-6H3. The van der Waals surface area contributed by atoms with Gasteiger partial charge in [0.2, 0.25) is 0 Å². The van der Waals surface area contributed by atoms with Gasteiger partial charge in [-0.1, -0.05) is 6.58 Å². The van der Waals surface area contributed by atoms with Crippen LogP contribution in [0.3, 0.4) is 0 Å². The minimum atomic E-state index is -0.484. The average Bonchev–Trinajstić information content (AvgIpc) is 2.20. The van der Waals surface area contributed by atoms with Crippen LogP contribution in [0.5, 0.6) is 0 Å². The summed E-state index contributed by atoms with van der Waals surface area (Å²) in [6.07, 6.45) is 1.34. The monoisotopic (exact) mass is 212 g/mol. The van der Waals surface area contributed by atoms with Gasteiger partial charge in [0, 0.05) is 0 Å². The Bertz CT molecular complexity index is 292. The third-order valence-corrected chi connectivity index (χ3v) is 3.01. The lowest BCUT2D eigenvalue weighted by molar-refractivity contribution is 0.00578. The summed E-state index contributed by atoms with van der Waals surface area (Å²) in [6.45, 7) is 12.8. The molecule has 0 radical (unpaired) electrons. The molecule has 0 aliphatic carbocycles. The molecular weight excluding hydrogens is 194 g/mol. The Hall–Kier alpha value is -0.605. The second kappa shape index (κ2) is 3.76. The summed E-state index contributed by atoms with van der Waals surface area (Å²) in [6, 6.07) is 0. The van der Waals surface area contributed by atoms with E-state index >= 15 is 0 Å². The summed E-state index contributed by atoms with van der Waals surface area (Å²) in [5, 5.41) is 0. The maximum absolute atomic E-state index is 12.6. The molecule has 0 aromatic carbocycles. The zero-order valence-electron chi connectivity index (χ0n) is 10.1. The van der Waals surface area contributed by atoms with Crippen LogP contribution in [0, 0.1) is 0 Å². The summed E-state index contributed by atoms with van der Waals surface area (Å²) in [5.41, 5.74) is -0.0735. The lowest BCUT2D eigenvalue weighted by atomic mass is 9.79. The molecule has 4 heteroatoms. The van der Waals surface area contributed by atoms with Crippen molar-refractivity contribution in [3.8, 4) is 0 Å². The van der Waals surface area contributed by atoms with Crippen molar-refractivity contribution in [1.82, 2.24) is 0 Å². The van der Waals surface area contributed by atoms with Crippen molar-refractivity contribution in [2.45, 2.75) is 45.8 Å². The number of rotatable bonds is 2. The van der Waals surface area contributed by atoms with Crippen molar-refractivity contribution in [1.29, 1.82) is 0 Å². The van der Waals surface area contributed by atoms with E-state index in [9.17, 15) is 4.39 Å². The quantitative estimate of drug-likeness (QED) is 0.517. The van der Waals surface area contributed by atoms with Crippen LogP contribution in [0.15, 0.2) is 24.0 Å². The molecule has 84 valence electrons. The maximum Gasteiger partial charge on any atom is 0.490 e. The first-order chi connectivity index (χ1) is 6.66. The fourth-order valence-corrected chi connectivity index (χ4v) is 1.34. The fourth-order valence-electron chi connectivity index (χ4n) is 1.34. The molecular formula is C11H18BFO2. The van der Waals surface area contributed by atoms with Gasteiger partial charge in [-0.25, -0.2) is 4.39 Å². The predicted octanol–water partition coefficient (Wildman–Crippen LogP) is 3.05. The summed E-state index contributed by atoms with van der Waals surface area (Å²) < 4.78 is 24.1. The zero-order valence-corrected chi connectivity index (χ0v) is 10.1. The molecule has 0 bridgehead atoms. The van der Waals surface area contributed by atoms with Crippen LogP contribution in [0.4, 0.5) is 4.39 Å². The molecule has 0 N–H and O–H groups in total. The van der Waals surface area contributed by atoms with Crippen LogP contribution in [0.1, 0.15) is 34.6 Å². The van der Waals surface area contributed by atoms with Gasteiger partial charge in [-0.05, 0) is 46.2 Å². The highest BCUT2D eigenvalue weighted by molar-refractivity contribution is 6.54. The van der Waals surface area contributed by atoms with Gasteiger partial charge in [-0.15, -0.1) is 0 Å². The first-order valence-electron chi connectivity index (χ1n) is 5.04. The topological polar surface area (TPSA) is 18.5 Å². The highest BCUT2D eigenvalue weighted by Gasteiger charge is 2.51. The van der Waals surface area contributed by atoms with E-state index in [4.69, 9.17) is 9.31 Å². The van der Waals surface area contributed by atoms with E-state index in [1.54, 1.807) is 6.92 Å². The van der Waals surface area contributed by atoms with Crippen LogP contribution in [-0.2, 0) is 9.31 Å². The molecule has 1 fully saturated rings. The molecule has 1 aliphatic heterocycles. The maximum atomic E-state index is 12.6. The number of hydrogen-bond acceptors (Lipinski definition) is 2. The van der Waals surface area contributed by atoms with Crippen LogP contribution in [0.2, 0.25) is 0 Å². The summed E-state index contributed by atoms with van der Waals surface area (Å²) in [4.78, 5) is 0. The van der Waals surface area contributed by atoms with Crippen LogP contribution < -0.4 is 0 Å². The molecule has 1 saturated heterocycles. The molecule has 0 amide bonds. The second-order valence-corrected chi connectivity index (χ2v) is 4.92. The second-order valence-electron chi connectivity index (χ2n) is 4.92. The number of hydrogen-bond donors (Lipinski definition) is 0. The largest absolute Gasteiger partial charge is 0.490 e. The van der Waals surface area contributed by atoms with Crippen molar-refractivity contribution in [3.63, 3.8) is 0 Å². The van der Waals surface area contributed by atoms with Crippen molar-refractivity contribution in [3.05, 3.63) is 24.0 Å². The molecule has 0 aromatic heterocycles. The molecule has 1 heterocycles. The SMILES string of the molecule is C=C(F)C=C(C)B1OC(C)(C)C(C)(C)O1. The third-order valence-electron chi connectivity index (χ3n) is 3.01. The summed E-state index contributed by atoms with van der Waals surface area (Å²) >= 11 is 0. The molecule has 1 aliphatic rings. The summed E-state index contributed by atoms with van der Waals surface area (Å²) in [7, 11) is -0.484. The molecule has 0 aromatic rings. The van der Waals surface area contributed by atoms with E-state index in [1.807, 2.05) is 27.7 Å². The van der Waals surface area contributed by atoms with E-state index in [-0.39, 0.29) is 11.2 Å². The van der Waals surface area contributed by atoms with E-state index in [0.29, 0.717) is 5.47 Å². The number of halogens is 1. The van der Waals surface area contributed by atoms with E-state index < -0.39 is 12.9 Å². The zero-order chi connectivity index (χ0) is 11.9. The molecule has 15 heavy (non-hydrogen) atoms. The van der Waals surface area contributed by atoms with Gasteiger partial charge in [0.15, 0.2) is 0 Å². The van der Waals surface area contributed by atoms with Gasteiger partial charge in [0.05, 0.1) is 11.2 Å². The lowest BCUT2D eigenvalue weighted by Crippen LogP contribution is -2.41. The van der Waals surface area contributed by atoms with Gasteiger partial charge in [0.25, 0.3) is 0 Å². The Morgan fingerprint density at radius 1 is 1.20 bits per heavy atom. The van der Waals surface area contributed by atoms with Crippen LogP contribution >= 0.6 is 0 Å². The minimum Gasteiger partial charge on any atom is -0.400 e. The first-order valence-corrected chi connectivity index (χ1v) is 5.04. The highest BCUT2D eigenvalue weighted by Crippen LogP contribution is 2.38. The lowest BCUT2D eigenvalue weighted by Gasteiger charge is -2.32. The highest BCUT2D eigenvalue weighted by atomic mass is 19.1. The molecule has 0 unspecified atom stereocenters. The Morgan fingerprint density at radius 2 is 1.60 bits per heavy atom. The van der Waals surface area contributed by atoms with Gasteiger partial charge in [-0.2, -0.15) is 0 Å². The van der Waals surface area contributed by atoms with E-state index in [2.05, 4.69) is 6.58 Å². The molecule has 0 saturated carbocycles. The molecule has 1 rings (SSSR count). The number of allylic oxidation sites excluding steroid dienone is 3. The normalized spacial score (nSPS) is 24.4. The van der Waals surface area contributed by atoms with Gasteiger partial charge in [-0.3, -0.25) is 0 Å². The summed E-state index contributed by atoms with van der Waals surface area (Å²) in [5.74, 6) is -0.484. The van der Waals surface area contributed by atoms with Crippen LogP contribution in [-0.4, -0.2) is 18.3 Å². The molecule has 2 nitrogen and oxygen atoms in total. The Kier molecular flexibility index (Phi) is 3.12. The van der Waals surface area contributed by atoms with E-state index in [0.717, 1.165) is 0 Å². The van der Waals surface area contributed by atoms with Crippen LogP contribution in [0.25, 0.3) is 0 Å². The van der Waals surface area contributed by atoms with Crippen molar-refractivity contribution in [2.75, 3.05) is 0 Å². The Balaban J connectivity index is 2.84. The van der Waals surface area contributed by atoms with Crippen molar-refractivity contribution >= 4 is 7.12 Å².